The number of hydrogen-bond donors (Lipinski definition) is 0. The van der Waals surface area contributed by atoms with Gasteiger partial charge in [0.25, 0.3) is 0 Å². The normalized spacial score (nSPS) is 22.1. The zero-order chi connectivity index (χ0) is 31.4. The average Bonchev–Trinajstić information content (AvgIpc) is 3.72. The molecule has 0 aromatic heterocycles. The van der Waals surface area contributed by atoms with Crippen LogP contribution in [0.3, 0.4) is 0 Å². The van der Waals surface area contributed by atoms with E-state index < -0.39 is 0 Å². The maximum atomic E-state index is 7.04. The molecule has 0 aliphatic heterocycles. The van der Waals surface area contributed by atoms with Crippen LogP contribution in [-0.2, 0) is 50.1 Å². The Kier molecular flexibility index (Phi) is 11.8. The fourth-order valence-electron chi connectivity index (χ4n) is 7.13. The monoisotopic (exact) mass is 618 g/mol. The van der Waals surface area contributed by atoms with E-state index in [0.717, 1.165) is 28.7 Å². The summed E-state index contributed by atoms with van der Waals surface area (Å²) in [5, 5.41) is 0. The number of allylic oxidation sites excluding steroid dienone is 2. The number of hydrogen-bond acceptors (Lipinski definition) is 5. The highest BCUT2D eigenvalue weighted by Crippen LogP contribution is 2.51. The van der Waals surface area contributed by atoms with E-state index in [2.05, 4.69) is 84.9 Å². The topological polar surface area (TPSA) is 46.2 Å². The minimum absolute atomic E-state index is 0.219. The third kappa shape index (κ3) is 8.61. The number of ether oxygens (including phenoxy) is 5. The summed E-state index contributed by atoms with van der Waals surface area (Å²) in [5.74, 6) is 1.43. The Balaban J connectivity index is 1.33. The first-order valence-corrected chi connectivity index (χ1v) is 16.5. The van der Waals surface area contributed by atoms with Gasteiger partial charge in [-0.3, -0.25) is 0 Å². The molecular weight excluding hydrogens is 572 g/mol. The molecular formula is C41H46O5. The van der Waals surface area contributed by atoms with Crippen LogP contribution in [0, 0.1) is 23.7 Å². The van der Waals surface area contributed by atoms with Crippen molar-refractivity contribution in [1.82, 2.24) is 0 Å². The summed E-state index contributed by atoms with van der Waals surface area (Å²) in [7, 11) is 1.80. The predicted octanol–water partition coefficient (Wildman–Crippen LogP) is 8.04. The molecule has 0 N–H and O–H groups in total. The largest absolute Gasteiger partial charge is 0.384 e. The molecule has 7 atom stereocenters. The van der Waals surface area contributed by atoms with Gasteiger partial charge in [-0.05, 0) is 52.3 Å². The quantitative estimate of drug-likeness (QED) is 0.106. The van der Waals surface area contributed by atoms with Crippen molar-refractivity contribution in [1.29, 1.82) is 0 Å². The summed E-state index contributed by atoms with van der Waals surface area (Å²) < 4.78 is 33.1. The first kappa shape index (κ1) is 32.4. The first-order valence-electron chi connectivity index (χ1n) is 16.5. The molecule has 0 saturated heterocycles. The minimum Gasteiger partial charge on any atom is -0.384 e. The van der Waals surface area contributed by atoms with E-state index in [0.29, 0.717) is 57.4 Å². The Labute approximate surface area is 274 Å². The Morgan fingerprint density at radius 2 is 1.04 bits per heavy atom. The fourth-order valence-corrected chi connectivity index (χ4v) is 7.13. The molecule has 6 rings (SSSR count). The molecule has 2 aliphatic carbocycles. The second kappa shape index (κ2) is 16.8. The zero-order valence-corrected chi connectivity index (χ0v) is 26.7. The summed E-state index contributed by atoms with van der Waals surface area (Å²) in [5.41, 5.74) is 4.49. The second-order valence-electron chi connectivity index (χ2n) is 12.5. The fraction of sp³-hybridized carbons (Fsp3) is 0.366. The highest BCUT2D eigenvalue weighted by Gasteiger charge is 2.52. The average molecular weight is 619 g/mol. The van der Waals surface area contributed by atoms with Crippen LogP contribution in [0.4, 0.5) is 0 Å². The maximum Gasteiger partial charge on any atom is 0.113 e. The molecule has 1 saturated carbocycles. The van der Waals surface area contributed by atoms with Crippen LogP contribution < -0.4 is 0 Å². The molecule has 4 aromatic rings. The summed E-state index contributed by atoms with van der Waals surface area (Å²) in [6.07, 6.45) is 4.88. The van der Waals surface area contributed by atoms with E-state index in [1.807, 2.05) is 48.5 Å². The van der Waals surface area contributed by atoms with Gasteiger partial charge in [0, 0.05) is 13.7 Å². The van der Waals surface area contributed by atoms with Crippen LogP contribution >= 0.6 is 0 Å². The van der Waals surface area contributed by atoms with Crippen molar-refractivity contribution in [3.05, 3.63) is 156 Å². The lowest BCUT2D eigenvalue weighted by atomic mass is 9.77. The Morgan fingerprint density at radius 3 is 1.59 bits per heavy atom. The summed E-state index contributed by atoms with van der Waals surface area (Å²) in [6, 6.07) is 41.4. The smallest absolute Gasteiger partial charge is 0.113 e. The lowest BCUT2D eigenvalue weighted by Gasteiger charge is -2.41. The zero-order valence-electron chi connectivity index (χ0n) is 26.7. The van der Waals surface area contributed by atoms with Gasteiger partial charge >= 0.3 is 0 Å². The van der Waals surface area contributed by atoms with E-state index in [9.17, 15) is 0 Å². The van der Waals surface area contributed by atoms with E-state index in [1.54, 1.807) is 7.11 Å². The van der Waals surface area contributed by atoms with Crippen molar-refractivity contribution in [2.24, 2.45) is 23.7 Å². The first-order chi connectivity index (χ1) is 22.8. The van der Waals surface area contributed by atoms with Crippen LogP contribution in [0.1, 0.15) is 28.7 Å². The van der Waals surface area contributed by atoms with Gasteiger partial charge in [0.1, 0.15) is 12.2 Å². The third-order valence-corrected chi connectivity index (χ3v) is 9.39. The summed E-state index contributed by atoms with van der Waals surface area (Å²) >= 11 is 0. The van der Waals surface area contributed by atoms with Gasteiger partial charge in [-0.15, -0.1) is 0 Å². The lowest BCUT2D eigenvalue weighted by Crippen LogP contribution is -2.51. The van der Waals surface area contributed by atoms with Crippen molar-refractivity contribution < 1.29 is 23.7 Å². The molecule has 46 heavy (non-hydrogen) atoms. The molecule has 5 heteroatoms. The van der Waals surface area contributed by atoms with Gasteiger partial charge in [0.05, 0.1) is 39.1 Å². The number of methoxy groups -OCH3 is 1. The van der Waals surface area contributed by atoms with Gasteiger partial charge in [0.15, 0.2) is 0 Å². The van der Waals surface area contributed by atoms with Crippen molar-refractivity contribution in [3.8, 4) is 0 Å². The Hall–Kier alpha value is -3.58. The molecule has 0 amide bonds. The third-order valence-electron chi connectivity index (χ3n) is 9.39. The van der Waals surface area contributed by atoms with Gasteiger partial charge in [-0.1, -0.05) is 133 Å². The Morgan fingerprint density at radius 1 is 0.565 bits per heavy atom. The summed E-state index contributed by atoms with van der Waals surface area (Å²) in [4.78, 5) is 0. The van der Waals surface area contributed by atoms with Crippen LogP contribution in [-0.4, -0.2) is 38.6 Å². The molecule has 5 nitrogen and oxygen atoms in total. The molecule has 2 aliphatic rings. The van der Waals surface area contributed by atoms with E-state index >= 15 is 0 Å². The second-order valence-corrected chi connectivity index (χ2v) is 12.5. The number of benzene rings is 4. The standard InChI is InChI=1S/C41H46O5/c1-42-29-37-35-22-23-36(24-35)39(37)41(46-28-34-20-12-5-13-21-34)40(45-27-33-18-10-4-11-19-33)38(44-26-32-16-8-3-9-17-32)30-43-25-31-14-6-2-7-15-31/h2-23,35-41H,24-30H2,1H3/t35-,36+,37+,38+,39+,40+,41+/m0/s1. The van der Waals surface area contributed by atoms with Crippen molar-refractivity contribution >= 4 is 0 Å². The molecule has 2 bridgehead atoms. The van der Waals surface area contributed by atoms with Crippen molar-refractivity contribution in [2.45, 2.75) is 51.2 Å². The Bertz CT molecular complexity index is 1450. The minimum atomic E-state index is -0.388. The van der Waals surface area contributed by atoms with Gasteiger partial charge in [0.2, 0.25) is 0 Å². The van der Waals surface area contributed by atoms with Crippen LogP contribution in [0.5, 0.6) is 0 Å². The van der Waals surface area contributed by atoms with Gasteiger partial charge in [-0.25, -0.2) is 0 Å². The maximum absolute atomic E-state index is 7.04. The van der Waals surface area contributed by atoms with E-state index in [1.165, 1.54) is 0 Å². The lowest BCUT2D eigenvalue weighted by molar-refractivity contribution is -0.188. The molecule has 0 radical (unpaired) electrons. The van der Waals surface area contributed by atoms with Gasteiger partial charge in [-0.2, -0.15) is 0 Å². The number of rotatable bonds is 18. The van der Waals surface area contributed by atoms with E-state index in [4.69, 9.17) is 23.7 Å². The van der Waals surface area contributed by atoms with E-state index in [-0.39, 0.29) is 24.2 Å². The molecule has 1 fully saturated rings. The van der Waals surface area contributed by atoms with Crippen LogP contribution in [0.2, 0.25) is 0 Å². The molecule has 240 valence electrons. The van der Waals surface area contributed by atoms with Crippen molar-refractivity contribution in [3.63, 3.8) is 0 Å². The van der Waals surface area contributed by atoms with Crippen molar-refractivity contribution in [2.75, 3.05) is 20.3 Å². The van der Waals surface area contributed by atoms with Crippen LogP contribution in [0.15, 0.2) is 133 Å². The molecule has 0 heterocycles. The molecule has 0 unspecified atom stereocenters. The predicted molar refractivity (Wildman–Crippen MR) is 181 cm³/mol. The van der Waals surface area contributed by atoms with Crippen LogP contribution in [0.25, 0.3) is 0 Å². The summed E-state index contributed by atoms with van der Waals surface area (Å²) in [6.45, 7) is 2.95. The highest BCUT2D eigenvalue weighted by atomic mass is 16.6. The highest BCUT2D eigenvalue weighted by molar-refractivity contribution is 5.19. The number of fused-ring (bicyclic) bond motifs is 2. The van der Waals surface area contributed by atoms with Gasteiger partial charge < -0.3 is 23.7 Å². The molecule has 0 spiro atoms. The molecule has 4 aromatic carbocycles. The SMILES string of the molecule is COC[C@H]1[C@H]([C@@H](OCc2ccccc2)[C@H](OCc2ccccc2)[C@@H](COCc2ccccc2)OCc2ccccc2)[C@@H]2C=C[C@H]1C2.